The van der Waals surface area contributed by atoms with E-state index in [9.17, 15) is 0 Å². The van der Waals surface area contributed by atoms with Crippen LogP contribution in [0.1, 0.15) is 33.1 Å². The topological polar surface area (TPSA) is 55.0 Å². The van der Waals surface area contributed by atoms with Crippen molar-refractivity contribution in [2.45, 2.75) is 45.2 Å². The molecule has 1 aliphatic heterocycles. The van der Waals surface area contributed by atoms with Crippen LogP contribution in [0.15, 0.2) is 12.4 Å². The van der Waals surface area contributed by atoms with Crippen LogP contribution in [-0.4, -0.2) is 22.1 Å². The fraction of sp³-hybridized carbons (Fsp3) is 0.636. The van der Waals surface area contributed by atoms with Crippen LogP contribution in [0.5, 0.6) is 0 Å². The number of anilines is 2. The molecule has 0 aromatic carbocycles. The highest BCUT2D eigenvalue weighted by Crippen LogP contribution is 2.27. The van der Waals surface area contributed by atoms with Gasteiger partial charge in [-0.2, -0.15) is 0 Å². The zero-order chi connectivity index (χ0) is 10.8. The van der Waals surface area contributed by atoms with E-state index in [-0.39, 0.29) is 0 Å². The Morgan fingerprint density at radius 2 is 1.93 bits per heavy atom. The summed E-state index contributed by atoms with van der Waals surface area (Å²) in [6.45, 7) is 4.49. The minimum absolute atomic E-state index is 0.544. The van der Waals surface area contributed by atoms with E-state index in [1.807, 2.05) is 6.07 Å². The minimum Gasteiger partial charge on any atom is -0.384 e. The highest BCUT2D eigenvalue weighted by Gasteiger charge is 2.25. The van der Waals surface area contributed by atoms with E-state index in [1.54, 1.807) is 6.33 Å². The fourth-order valence-corrected chi connectivity index (χ4v) is 2.38. The molecule has 0 spiro atoms. The van der Waals surface area contributed by atoms with Gasteiger partial charge in [0, 0.05) is 18.2 Å². The maximum absolute atomic E-state index is 5.68. The average molecular weight is 206 g/mol. The van der Waals surface area contributed by atoms with Gasteiger partial charge in [-0.15, -0.1) is 0 Å². The van der Waals surface area contributed by atoms with Gasteiger partial charge in [0.05, 0.1) is 0 Å². The first kappa shape index (κ1) is 10.2. The number of nitrogen functional groups attached to an aromatic ring is 1. The van der Waals surface area contributed by atoms with Crippen LogP contribution < -0.4 is 10.6 Å². The Balaban J connectivity index is 2.27. The third kappa shape index (κ3) is 2.03. The van der Waals surface area contributed by atoms with Gasteiger partial charge in [-0.3, -0.25) is 0 Å². The third-order valence-electron chi connectivity index (χ3n) is 3.13. The van der Waals surface area contributed by atoms with Gasteiger partial charge in [-0.1, -0.05) is 0 Å². The lowest BCUT2D eigenvalue weighted by Crippen LogP contribution is -2.44. The second-order valence-electron chi connectivity index (χ2n) is 4.34. The summed E-state index contributed by atoms with van der Waals surface area (Å²) >= 11 is 0. The van der Waals surface area contributed by atoms with Crippen molar-refractivity contribution in [3.8, 4) is 0 Å². The number of aromatic nitrogens is 2. The van der Waals surface area contributed by atoms with Crippen molar-refractivity contribution in [3.63, 3.8) is 0 Å². The van der Waals surface area contributed by atoms with Crippen LogP contribution in [0.25, 0.3) is 0 Å². The van der Waals surface area contributed by atoms with Gasteiger partial charge in [0.15, 0.2) is 0 Å². The van der Waals surface area contributed by atoms with Crippen molar-refractivity contribution in [3.05, 3.63) is 12.4 Å². The van der Waals surface area contributed by atoms with E-state index in [0.29, 0.717) is 17.9 Å². The van der Waals surface area contributed by atoms with Gasteiger partial charge in [0.2, 0.25) is 0 Å². The Kier molecular flexibility index (Phi) is 2.75. The molecule has 1 fully saturated rings. The molecular weight excluding hydrogens is 188 g/mol. The van der Waals surface area contributed by atoms with Crippen LogP contribution >= 0.6 is 0 Å². The van der Waals surface area contributed by atoms with Crippen LogP contribution in [0.3, 0.4) is 0 Å². The molecule has 1 aliphatic rings. The smallest absolute Gasteiger partial charge is 0.134 e. The van der Waals surface area contributed by atoms with Gasteiger partial charge in [0.1, 0.15) is 18.0 Å². The zero-order valence-corrected chi connectivity index (χ0v) is 9.35. The predicted molar refractivity (Wildman–Crippen MR) is 61.7 cm³/mol. The molecule has 1 aromatic heterocycles. The SMILES string of the molecule is C[C@@H]1CCC[C@H](C)N1c1cc(N)ncn1. The van der Waals surface area contributed by atoms with Crippen LogP contribution in [0.4, 0.5) is 11.6 Å². The van der Waals surface area contributed by atoms with Crippen LogP contribution in [0.2, 0.25) is 0 Å². The lowest BCUT2D eigenvalue weighted by atomic mass is 9.97. The van der Waals surface area contributed by atoms with E-state index < -0.39 is 0 Å². The summed E-state index contributed by atoms with van der Waals surface area (Å²) in [5, 5.41) is 0. The quantitative estimate of drug-likeness (QED) is 0.761. The molecule has 4 nitrogen and oxygen atoms in total. The summed E-state index contributed by atoms with van der Waals surface area (Å²) in [6, 6.07) is 2.95. The standard InChI is InChI=1S/C11H18N4/c1-8-4-3-5-9(2)15(8)11-6-10(12)13-7-14-11/h6-9H,3-5H2,1-2H3,(H2,12,13,14)/t8-,9+. The summed E-state index contributed by atoms with van der Waals surface area (Å²) in [6.07, 6.45) is 5.31. The zero-order valence-electron chi connectivity index (χ0n) is 9.35. The molecule has 0 unspecified atom stereocenters. The molecular formula is C11H18N4. The van der Waals surface area contributed by atoms with Crippen molar-refractivity contribution in [2.24, 2.45) is 0 Å². The van der Waals surface area contributed by atoms with Crippen molar-refractivity contribution < 1.29 is 0 Å². The number of hydrogen-bond acceptors (Lipinski definition) is 4. The lowest BCUT2D eigenvalue weighted by molar-refractivity contribution is 0.411. The molecule has 15 heavy (non-hydrogen) atoms. The van der Waals surface area contributed by atoms with Crippen molar-refractivity contribution in [1.82, 2.24) is 9.97 Å². The second kappa shape index (κ2) is 4.04. The second-order valence-corrected chi connectivity index (χ2v) is 4.34. The van der Waals surface area contributed by atoms with Gasteiger partial charge in [-0.05, 0) is 33.1 Å². The molecule has 2 rings (SSSR count). The monoisotopic (exact) mass is 206 g/mol. The average Bonchev–Trinajstić information content (AvgIpc) is 2.17. The molecule has 0 amide bonds. The van der Waals surface area contributed by atoms with E-state index in [0.717, 1.165) is 5.82 Å². The summed E-state index contributed by atoms with van der Waals surface area (Å²) < 4.78 is 0. The minimum atomic E-state index is 0.544. The Hall–Kier alpha value is -1.32. The Labute approximate surface area is 90.5 Å². The number of nitrogens with zero attached hydrogens (tertiary/aromatic N) is 3. The summed E-state index contributed by atoms with van der Waals surface area (Å²) in [4.78, 5) is 10.6. The number of hydrogen-bond donors (Lipinski definition) is 1. The maximum atomic E-state index is 5.68. The molecule has 4 heteroatoms. The van der Waals surface area contributed by atoms with Crippen molar-refractivity contribution in [2.75, 3.05) is 10.6 Å². The third-order valence-corrected chi connectivity index (χ3v) is 3.13. The number of nitrogens with two attached hydrogens (primary N) is 1. The molecule has 2 N–H and O–H groups in total. The highest BCUT2D eigenvalue weighted by molar-refractivity contribution is 5.47. The molecule has 1 saturated heterocycles. The summed E-state index contributed by atoms with van der Waals surface area (Å²) in [5.74, 6) is 1.51. The van der Waals surface area contributed by atoms with Crippen molar-refractivity contribution >= 4 is 11.6 Å². The number of piperidine rings is 1. The first-order chi connectivity index (χ1) is 7.18. The largest absolute Gasteiger partial charge is 0.384 e. The van der Waals surface area contributed by atoms with Crippen LogP contribution in [0, 0.1) is 0 Å². The fourth-order valence-electron chi connectivity index (χ4n) is 2.38. The maximum Gasteiger partial charge on any atom is 0.134 e. The predicted octanol–water partition coefficient (Wildman–Crippen LogP) is 1.83. The highest BCUT2D eigenvalue weighted by atomic mass is 15.2. The Bertz CT molecular complexity index is 329. The van der Waals surface area contributed by atoms with Crippen LogP contribution in [-0.2, 0) is 0 Å². The number of rotatable bonds is 1. The molecule has 2 heterocycles. The summed E-state index contributed by atoms with van der Waals surface area (Å²) in [5.41, 5.74) is 5.68. The molecule has 82 valence electrons. The van der Waals surface area contributed by atoms with E-state index in [4.69, 9.17) is 5.73 Å². The van der Waals surface area contributed by atoms with Gasteiger partial charge >= 0.3 is 0 Å². The first-order valence-electron chi connectivity index (χ1n) is 5.54. The van der Waals surface area contributed by atoms with Gasteiger partial charge < -0.3 is 10.6 Å². The summed E-state index contributed by atoms with van der Waals surface area (Å²) in [7, 11) is 0. The van der Waals surface area contributed by atoms with Gasteiger partial charge in [0.25, 0.3) is 0 Å². The first-order valence-corrected chi connectivity index (χ1v) is 5.54. The van der Waals surface area contributed by atoms with Gasteiger partial charge in [-0.25, -0.2) is 9.97 Å². The Morgan fingerprint density at radius 3 is 2.53 bits per heavy atom. The normalized spacial score (nSPS) is 26.7. The van der Waals surface area contributed by atoms with E-state index in [1.165, 1.54) is 19.3 Å². The molecule has 2 atom stereocenters. The Morgan fingerprint density at radius 1 is 1.27 bits per heavy atom. The molecule has 0 aliphatic carbocycles. The van der Waals surface area contributed by atoms with Crippen molar-refractivity contribution in [1.29, 1.82) is 0 Å². The molecule has 0 saturated carbocycles. The molecule has 0 bridgehead atoms. The lowest BCUT2D eigenvalue weighted by Gasteiger charge is -2.39. The molecule has 1 aromatic rings. The van der Waals surface area contributed by atoms with E-state index in [2.05, 4.69) is 28.7 Å². The molecule has 0 radical (unpaired) electrons. The van der Waals surface area contributed by atoms with E-state index >= 15 is 0 Å².